The molecule has 110 valence electrons. The molecule has 0 radical (unpaired) electrons. The first-order chi connectivity index (χ1) is 10.8. The standard InChI is InChI=1S/C17H17N5/c1-2-7-17(19-14-9-4-3-8-13(14)12-18)22-16-11-6-5-10-15(16)20-21-22/h3-6,8-11,17,19H,2,7H2,1H3. The lowest BCUT2D eigenvalue weighted by Gasteiger charge is -2.20. The Bertz CT molecular complexity index is 815. The molecule has 0 aliphatic carbocycles. The molecule has 5 nitrogen and oxygen atoms in total. The molecule has 0 saturated carbocycles. The van der Waals surface area contributed by atoms with E-state index >= 15 is 0 Å². The fourth-order valence-corrected chi connectivity index (χ4v) is 2.53. The number of hydrogen-bond acceptors (Lipinski definition) is 4. The summed E-state index contributed by atoms with van der Waals surface area (Å²) in [6.45, 7) is 2.13. The summed E-state index contributed by atoms with van der Waals surface area (Å²) in [5.74, 6) is 0. The number of fused-ring (bicyclic) bond motifs is 1. The Morgan fingerprint density at radius 2 is 1.95 bits per heavy atom. The van der Waals surface area contributed by atoms with Crippen molar-refractivity contribution in [1.82, 2.24) is 15.0 Å². The molecule has 1 N–H and O–H groups in total. The molecule has 0 amide bonds. The number of para-hydroxylation sites is 2. The van der Waals surface area contributed by atoms with Crippen molar-refractivity contribution in [3.8, 4) is 6.07 Å². The molecule has 3 rings (SSSR count). The van der Waals surface area contributed by atoms with E-state index in [1.165, 1.54) is 0 Å². The summed E-state index contributed by atoms with van der Waals surface area (Å²) < 4.78 is 1.90. The van der Waals surface area contributed by atoms with Gasteiger partial charge in [-0.15, -0.1) is 5.10 Å². The van der Waals surface area contributed by atoms with Crippen LogP contribution in [-0.2, 0) is 0 Å². The van der Waals surface area contributed by atoms with E-state index in [4.69, 9.17) is 0 Å². The Morgan fingerprint density at radius 3 is 2.77 bits per heavy atom. The zero-order chi connectivity index (χ0) is 15.4. The average Bonchev–Trinajstić information content (AvgIpc) is 2.99. The predicted molar refractivity (Wildman–Crippen MR) is 86.3 cm³/mol. The average molecular weight is 291 g/mol. The Hall–Kier alpha value is -2.87. The third-order valence-corrected chi connectivity index (χ3v) is 3.60. The number of nitrogens with zero attached hydrogens (tertiary/aromatic N) is 4. The number of anilines is 1. The van der Waals surface area contributed by atoms with Gasteiger partial charge in [0.1, 0.15) is 17.8 Å². The maximum atomic E-state index is 9.24. The molecule has 2 aromatic carbocycles. The van der Waals surface area contributed by atoms with Crippen LogP contribution >= 0.6 is 0 Å². The van der Waals surface area contributed by atoms with Gasteiger partial charge in [-0.2, -0.15) is 5.26 Å². The smallest absolute Gasteiger partial charge is 0.123 e. The van der Waals surface area contributed by atoms with Crippen LogP contribution in [0.5, 0.6) is 0 Å². The van der Waals surface area contributed by atoms with E-state index in [1.807, 2.05) is 53.2 Å². The van der Waals surface area contributed by atoms with Gasteiger partial charge in [0.2, 0.25) is 0 Å². The van der Waals surface area contributed by atoms with Crippen LogP contribution in [-0.4, -0.2) is 15.0 Å². The molecule has 0 fully saturated rings. The van der Waals surface area contributed by atoms with Crippen LogP contribution in [0.3, 0.4) is 0 Å². The Labute approximate surface area is 129 Å². The monoisotopic (exact) mass is 291 g/mol. The molecule has 0 bridgehead atoms. The van der Waals surface area contributed by atoms with Crippen molar-refractivity contribution >= 4 is 16.7 Å². The summed E-state index contributed by atoms with van der Waals surface area (Å²) in [6.07, 6.45) is 1.86. The van der Waals surface area contributed by atoms with E-state index in [0.29, 0.717) is 5.56 Å². The fourth-order valence-electron chi connectivity index (χ4n) is 2.53. The molecule has 1 heterocycles. The van der Waals surface area contributed by atoms with Gasteiger partial charge in [0.15, 0.2) is 0 Å². The zero-order valence-electron chi connectivity index (χ0n) is 12.4. The zero-order valence-corrected chi connectivity index (χ0v) is 12.4. The molecular formula is C17H17N5. The predicted octanol–water partition coefficient (Wildman–Crippen LogP) is 3.71. The quantitative estimate of drug-likeness (QED) is 0.778. The van der Waals surface area contributed by atoms with Crippen molar-refractivity contribution in [2.75, 3.05) is 5.32 Å². The van der Waals surface area contributed by atoms with E-state index in [0.717, 1.165) is 29.6 Å². The Morgan fingerprint density at radius 1 is 1.18 bits per heavy atom. The highest BCUT2D eigenvalue weighted by molar-refractivity contribution is 5.74. The molecule has 0 aliphatic rings. The lowest BCUT2D eigenvalue weighted by Crippen LogP contribution is -2.20. The van der Waals surface area contributed by atoms with Crippen molar-refractivity contribution in [1.29, 1.82) is 5.26 Å². The SMILES string of the molecule is CCCC(Nc1ccccc1C#N)n1nnc2ccccc21. The van der Waals surface area contributed by atoms with Gasteiger partial charge in [0.25, 0.3) is 0 Å². The molecule has 22 heavy (non-hydrogen) atoms. The number of aromatic nitrogens is 3. The molecule has 3 aromatic rings. The van der Waals surface area contributed by atoms with E-state index in [1.54, 1.807) is 0 Å². The van der Waals surface area contributed by atoms with Crippen LogP contribution in [0.15, 0.2) is 48.5 Å². The van der Waals surface area contributed by atoms with E-state index in [9.17, 15) is 5.26 Å². The summed E-state index contributed by atoms with van der Waals surface area (Å²) in [4.78, 5) is 0. The second-order valence-electron chi connectivity index (χ2n) is 5.13. The lowest BCUT2D eigenvalue weighted by molar-refractivity contribution is 0.467. The summed E-state index contributed by atoms with van der Waals surface area (Å²) in [7, 11) is 0. The number of benzene rings is 2. The van der Waals surface area contributed by atoms with Crippen molar-refractivity contribution in [2.45, 2.75) is 25.9 Å². The third kappa shape index (κ3) is 2.63. The summed E-state index contributed by atoms with van der Waals surface area (Å²) in [6, 6.07) is 17.6. The maximum Gasteiger partial charge on any atom is 0.123 e. The maximum absolute atomic E-state index is 9.24. The molecule has 5 heteroatoms. The highest BCUT2D eigenvalue weighted by Crippen LogP contribution is 2.24. The van der Waals surface area contributed by atoms with Crippen LogP contribution in [0.1, 0.15) is 31.5 Å². The van der Waals surface area contributed by atoms with Crippen molar-refractivity contribution in [3.63, 3.8) is 0 Å². The Kier molecular flexibility index (Phi) is 4.01. The highest BCUT2D eigenvalue weighted by Gasteiger charge is 2.15. The second kappa shape index (κ2) is 6.27. The summed E-state index contributed by atoms with van der Waals surface area (Å²) >= 11 is 0. The van der Waals surface area contributed by atoms with Crippen LogP contribution < -0.4 is 5.32 Å². The second-order valence-corrected chi connectivity index (χ2v) is 5.13. The van der Waals surface area contributed by atoms with Gasteiger partial charge >= 0.3 is 0 Å². The topological polar surface area (TPSA) is 66.5 Å². The van der Waals surface area contributed by atoms with Crippen molar-refractivity contribution < 1.29 is 0 Å². The fraction of sp³-hybridized carbons (Fsp3) is 0.235. The number of rotatable bonds is 5. The first-order valence-corrected chi connectivity index (χ1v) is 7.39. The Balaban J connectivity index is 1.98. The van der Waals surface area contributed by atoms with Gasteiger partial charge in [0, 0.05) is 0 Å². The van der Waals surface area contributed by atoms with Gasteiger partial charge in [-0.25, -0.2) is 4.68 Å². The van der Waals surface area contributed by atoms with Crippen molar-refractivity contribution in [2.24, 2.45) is 0 Å². The normalized spacial score (nSPS) is 12.0. The molecular weight excluding hydrogens is 274 g/mol. The minimum atomic E-state index is -0.0353. The van der Waals surface area contributed by atoms with Crippen LogP contribution in [0.2, 0.25) is 0 Å². The minimum absolute atomic E-state index is 0.0353. The first-order valence-electron chi connectivity index (χ1n) is 7.39. The van der Waals surface area contributed by atoms with Crippen LogP contribution in [0.25, 0.3) is 11.0 Å². The largest absolute Gasteiger partial charge is 0.363 e. The number of hydrogen-bond donors (Lipinski definition) is 1. The minimum Gasteiger partial charge on any atom is -0.363 e. The summed E-state index contributed by atoms with van der Waals surface area (Å²) in [5, 5.41) is 21.2. The van der Waals surface area contributed by atoms with Gasteiger partial charge in [-0.05, 0) is 30.7 Å². The third-order valence-electron chi connectivity index (χ3n) is 3.60. The molecule has 1 atom stereocenters. The van der Waals surface area contributed by atoms with E-state index in [2.05, 4.69) is 28.6 Å². The molecule has 1 unspecified atom stereocenters. The first kappa shape index (κ1) is 14.1. The molecule has 0 aliphatic heterocycles. The van der Waals surface area contributed by atoms with Gasteiger partial charge < -0.3 is 5.32 Å². The van der Waals surface area contributed by atoms with E-state index < -0.39 is 0 Å². The van der Waals surface area contributed by atoms with Crippen LogP contribution in [0.4, 0.5) is 5.69 Å². The van der Waals surface area contributed by atoms with Crippen molar-refractivity contribution in [3.05, 3.63) is 54.1 Å². The van der Waals surface area contributed by atoms with Crippen LogP contribution in [0, 0.1) is 11.3 Å². The van der Waals surface area contributed by atoms with Gasteiger partial charge in [-0.3, -0.25) is 0 Å². The number of nitriles is 1. The summed E-state index contributed by atoms with van der Waals surface area (Å²) in [5.41, 5.74) is 3.32. The lowest BCUT2D eigenvalue weighted by atomic mass is 10.1. The number of nitrogens with one attached hydrogen (secondary N) is 1. The molecule has 0 spiro atoms. The molecule has 1 aromatic heterocycles. The van der Waals surface area contributed by atoms with Gasteiger partial charge in [-0.1, -0.05) is 42.8 Å². The van der Waals surface area contributed by atoms with E-state index in [-0.39, 0.29) is 6.17 Å². The molecule has 0 saturated heterocycles. The highest BCUT2D eigenvalue weighted by atomic mass is 15.5. The van der Waals surface area contributed by atoms with Gasteiger partial charge in [0.05, 0.1) is 16.8 Å².